The maximum absolute atomic E-state index is 13.4. The molecule has 2 aromatic rings. The Morgan fingerprint density at radius 1 is 1.31 bits per heavy atom. The van der Waals surface area contributed by atoms with E-state index in [2.05, 4.69) is 10.4 Å². The van der Waals surface area contributed by atoms with Crippen LogP contribution in [0.1, 0.15) is 48.8 Å². The van der Waals surface area contributed by atoms with Crippen LogP contribution in [0.2, 0.25) is 5.02 Å². The normalized spacial score (nSPS) is 24.4. The van der Waals surface area contributed by atoms with Gasteiger partial charge in [0.25, 0.3) is 5.91 Å². The van der Waals surface area contributed by atoms with Crippen molar-refractivity contribution in [3.63, 3.8) is 0 Å². The lowest BCUT2D eigenvalue weighted by Gasteiger charge is -2.70. The van der Waals surface area contributed by atoms with Gasteiger partial charge in [-0.2, -0.15) is 5.10 Å². The monoisotopic (exact) mass is 419 g/mol. The lowest BCUT2D eigenvalue weighted by atomic mass is 9.38. The van der Waals surface area contributed by atoms with Gasteiger partial charge in [-0.15, -0.1) is 0 Å². The lowest BCUT2D eigenvalue weighted by Crippen LogP contribution is -2.75. The van der Waals surface area contributed by atoms with Gasteiger partial charge >= 0.3 is 0 Å². The van der Waals surface area contributed by atoms with E-state index in [1.807, 2.05) is 19.9 Å². The first-order valence-corrected chi connectivity index (χ1v) is 10.1. The van der Waals surface area contributed by atoms with Crippen molar-refractivity contribution >= 4 is 23.3 Å². The molecule has 2 bridgehead atoms. The van der Waals surface area contributed by atoms with Gasteiger partial charge < -0.3 is 10.1 Å². The number of halogens is 2. The average molecular weight is 420 g/mol. The Morgan fingerprint density at radius 3 is 2.69 bits per heavy atom. The highest BCUT2D eigenvalue weighted by atomic mass is 35.5. The van der Waals surface area contributed by atoms with E-state index in [0.29, 0.717) is 18.7 Å². The molecule has 6 nitrogen and oxygen atoms in total. The van der Waals surface area contributed by atoms with Gasteiger partial charge in [-0.1, -0.05) is 11.6 Å². The number of ketones is 1. The Labute approximate surface area is 173 Å². The number of hydrogen-bond donors (Lipinski definition) is 1. The number of aryl methyl sites for hydroxylation is 2. The molecule has 0 unspecified atom stereocenters. The van der Waals surface area contributed by atoms with E-state index in [1.165, 1.54) is 12.1 Å². The molecule has 1 aromatic heterocycles. The van der Waals surface area contributed by atoms with E-state index in [1.54, 1.807) is 4.68 Å². The number of hydrogen-bond acceptors (Lipinski definition) is 4. The zero-order valence-electron chi connectivity index (χ0n) is 16.4. The Hall–Kier alpha value is -2.41. The largest absolute Gasteiger partial charge is 0.484 e. The second-order valence-electron chi connectivity index (χ2n) is 8.31. The van der Waals surface area contributed by atoms with Crippen LogP contribution >= 0.6 is 11.6 Å². The molecule has 29 heavy (non-hydrogen) atoms. The zero-order valence-corrected chi connectivity index (χ0v) is 17.2. The number of nitrogens with one attached hydrogen (secondary N) is 1. The number of ether oxygens (including phenoxy) is 1. The van der Waals surface area contributed by atoms with Crippen LogP contribution < -0.4 is 10.1 Å². The number of carbonyl (C=O) groups is 2. The minimum absolute atomic E-state index is 0.00709. The third-order valence-corrected chi connectivity index (χ3v) is 6.14. The molecule has 1 N–H and O–H groups in total. The zero-order chi connectivity index (χ0) is 20.8. The topological polar surface area (TPSA) is 73.2 Å². The summed E-state index contributed by atoms with van der Waals surface area (Å²) in [5, 5.41) is 7.35. The number of amides is 1. The molecular weight excluding hydrogens is 397 g/mol. The van der Waals surface area contributed by atoms with Crippen molar-refractivity contribution in [2.45, 2.75) is 51.6 Å². The van der Waals surface area contributed by atoms with Crippen LogP contribution in [0.4, 0.5) is 4.39 Å². The van der Waals surface area contributed by atoms with Gasteiger partial charge in [0, 0.05) is 24.6 Å². The molecule has 0 saturated heterocycles. The number of carbonyl (C=O) groups excluding carboxylic acids is 2. The van der Waals surface area contributed by atoms with E-state index in [-0.39, 0.29) is 40.0 Å². The smallest absolute Gasteiger partial charge is 0.258 e. The minimum atomic E-state index is -0.588. The molecule has 0 atom stereocenters. The molecular formula is C21H23ClFN3O3. The predicted octanol–water partition coefficient (Wildman–Crippen LogP) is 3.69. The summed E-state index contributed by atoms with van der Waals surface area (Å²) in [7, 11) is 0. The van der Waals surface area contributed by atoms with E-state index in [0.717, 1.165) is 31.0 Å². The van der Waals surface area contributed by atoms with Crippen LogP contribution in [0.5, 0.6) is 5.75 Å². The first-order chi connectivity index (χ1) is 13.7. The number of rotatable bonds is 8. The first kappa shape index (κ1) is 19.9. The first-order valence-electron chi connectivity index (χ1n) is 9.70. The van der Waals surface area contributed by atoms with Crippen molar-refractivity contribution in [1.29, 1.82) is 0 Å². The molecule has 5 rings (SSSR count). The van der Waals surface area contributed by atoms with Crippen molar-refractivity contribution in [2.24, 2.45) is 5.41 Å². The number of nitrogens with zero attached hydrogens (tertiary/aromatic N) is 2. The van der Waals surface area contributed by atoms with E-state index in [4.69, 9.17) is 16.3 Å². The molecule has 154 valence electrons. The average Bonchev–Trinajstić information content (AvgIpc) is 3.01. The number of aromatic nitrogens is 2. The van der Waals surface area contributed by atoms with Crippen LogP contribution in [0, 0.1) is 18.2 Å². The second-order valence-corrected chi connectivity index (χ2v) is 8.72. The molecule has 3 fully saturated rings. The molecule has 1 amide bonds. The summed E-state index contributed by atoms with van der Waals surface area (Å²) >= 11 is 5.63. The van der Waals surface area contributed by atoms with Gasteiger partial charge in [0.1, 0.15) is 17.3 Å². The quantitative estimate of drug-likeness (QED) is 0.662. The molecule has 8 heteroatoms. The van der Waals surface area contributed by atoms with Gasteiger partial charge in [-0.05, 0) is 56.7 Å². The molecule has 3 aliphatic carbocycles. The fraction of sp³-hybridized carbons (Fsp3) is 0.476. The Balaban J connectivity index is 1.26. The van der Waals surface area contributed by atoms with Gasteiger partial charge in [-0.3, -0.25) is 14.3 Å². The van der Waals surface area contributed by atoms with Crippen molar-refractivity contribution < 1.29 is 18.7 Å². The highest BCUT2D eigenvalue weighted by molar-refractivity contribution is 6.30. The molecule has 1 aromatic carbocycles. The van der Waals surface area contributed by atoms with Crippen molar-refractivity contribution in [1.82, 2.24) is 15.1 Å². The third-order valence-electron chi connectivity index (χ3n) is 5.83. The fourth-order valence-electron chi connectivity index (χ4n) is 4.81. The van der Waals surface area contributed by atoms with Crippen molar-refractivity contribution in [3.8, 4) is 5.75 Å². The molecule has 0 radical (unpaired) electrons. The molecule has 3 aliphatic rings. The lowest BCUT2D eigenvalue weighted by molar-refractivity contribution is -0.164. The highest BCUT2D eigenvalue weighted by Crippen LogP contribution is 2.69. The van der Waals surface area contributed by atoms with E-state index < -0.39 is 5.82 Å². The van der Waals surface area contributed by atoms with E-state index in [9.17, 15) is 14.0 Å². The highest BCUT2D eigenvalue weighted by Gasteiger charge is 2.68. The summed E-state index contributed by atoms with van der Waals surface area (Å²) in [4.78, 5) is 24.9. The van der Waals surface area contributed by atoms with Crippen molar-refractivity contribution in [2.75, 3.05) is 6.61 Å². The molecule has 0 spiro atoms. The van der Waals surface area contributed by atoms with Crippen LogP contribution in [-0.2, 0) is 11.3 Å². The Bertz CT molecular complexity index is 968. The summed E-state index contributed by atoms with van der Waals surface area (Å²) in [6, 6.07) is 5.90. The van der Waals surface area contributed by atoms with Crippen LogP contribution in [0.25, 0.3) is 0 Å². The minimum Gasteiger partial charge on any atom is -0.484 e. The summed E-state index contributed by atoms with van der Waals surface area (Å²) in [6.45, 7) is 4.33. The summed E-state index contributed by atoms with van der Waals surface area (Å²) in [5.41, 5.74) is 1.27. The third kappa shape index (κ3) is 3.75. The Morgan fingerprint density at radius 2 is 2.03 bits per heavy atom. The van der Waals surface area contributed by atoms with Crippen molar-refractivity contribution in [3.05, 3.63) is 46.5 Å². The van der Waals surface area contributed by atoms with Gasteiger partial charge in [0.15, 0.2) is 12.4 Å². The standard InChI is InChI=1S/C21H23ClFN3O3/c1-3-26-17(6-13(2)25-26)18(27)8-20-10-21(11-20,12-20)24-19(28)9-29-14-4-5-15(22)16(23)7-14/h4-7H,3,8-12H2,1-2H3,(H,24,28). The molecule has 1 heterocycles. The predicted molar refractivity (Wildman–Crippen MR) is 106 cm³/mol. The van der Waals surface area contributed by atoms with Crippen LogP contribution in [0.15, 0.2) is 24.3 Å². The van der Waals surface area contributed by atoms with Crippen LogP contribution in [-0.4, -0.2) is 33.6 Å². The van der Waals surface area contributed by atoms with Gasteiger partial charge in [0.2, 0.25) is 0 Å². The summed E-state index contributed by atoms with van der Waals surface area (Å²) in [6.07, 6.45) is 2.88. The number of benzene rings is 1. The summed E-state index contributed by atoms with van der Waals surface area (Å²) in [5.74, 6) is -0.473. The van der Waals surface area contributed by atoms with Crippen LogP contribution in [0.3, 0.4) is 0 Å². The fourth-order valence-corrected chi connectivity index (χ4v) is 4.93. The molecule has 3 saturated carbocycles. The van der Waals surface area contributed by atoms with Gasteiger partial charge in [0.05, 0.1) is 10.7 Å². The summed E-state index contributed by atoms with van der Waals surface area (Å²) < 4.78 is 20.5. The molecule has 0 aliphatic heterocycles. The SMILES string of the molecule is CCn1nc(C)cc1C(=O)CC12CC(NC(=O)COc3ccc(Cl)c(F)c3)(C1)C2. The maximum atomic E-state index is 13.4. The maximum Gasteiger partial charge on any atom is 0.258 e. The van der Waals surface area contributed by atoms with E-state index >= 15 is 0 Å². The number of Topliss-reactive ketones (excluding diaryl/α,β-unsaturated/α-hetero) is 1. The van der Waals surface area contributed by atoms with Gasteiger partial charge in [-0.25, -0.2) is 4.39 Å². The second kappa shape index (κ2) is 7.13. The Kier molecular flexibility index (Phi) is 4.89.